The normalized spacial score (nSPS) is 18.6. The maximum Gasteiger partial charge on any atom is 0.127 e. The Morgan fingerprint density at radius 1 is 1.08 bits per heavy atom. The van der Waals surface area contributed by atoms with Crippen LogP contribution in [0.3, 0.4) is 0 Å². The summed E-state index contributed by atoms with van der Waals surface area (Å²) in [6.45, 7) is 4.96. The van der Waals surface area contributed by atoms with Crippen LogP contribution in [0.4, 0.5) is 5.69 Å². The van der Waals surface area contributed by atoms with Gasteiger partial charge in [-0.1, -0.05) is 49.8 Å². The molecule has 0 bridgehead atoms. The van der Waals surface area contributed by atoms with Crippen molar-refractivity contribution in [3.05, 3.63) is 54.1 Å². The number of rotatable bonds is 5. The molecular formula is C22H26N2O. The third kappa shape index (κ3) is 3.16. The van der Waals surface area contributed by atoms with Crippen LogP contribution in [0.15, 0.2) is 48.5 Å². The number of hydrogen-bond donors (Lipinski definition) is 2. The van der Waals surface area contributed by atoms with Gasteiger partial charge in [-0.2, -0.15) is 0 Å². The molecule has 0 aromatic heterocycles. The Hall–Kier alpha value is -2.26. The van der Waals surface area contributed by atoms with Crippen LogP contribution in [0.25, 0.3) is 16.7 Å². The fourth-order valence-electron chi connectivity index (χ4n) is 3.79. The number of nitrogens with one attached hydrogen (secondary N) is 2. The molecule has 0 radical (unpaired) electrons. The van der Waals surface area contributed by atoms with Gasteiger partial charge in [-0.3, -0.25) is 0 Å². The van der Waals surface area contributed by atoms with E-state index in [1.807, 2.05) is 0 Å². The molecule has 25 heavy (non-hydrogen) atoms. The molecule has 2 aliphatic heterocycles. The molecule has 3 heteroatoms. The second-order valence-electron chi connectivity index (χ2n) is 6.78. The van der Waals surface area contributed by atoms with E-state index in [0.29, 0.717) is 6.04 Å². The van der Waals surface area contributed by atoms with Crippen molar-refractivity contribution in [2.45, 2.75) is 32.2 Å². The predicted molar refractivity (Wildman–Crippen MR) is 105 cm³/mol. The van der Waals surface area contributed by atoms with Gasteiger partial charge < -0.3 is 15.4 Å². The largest absolute Gasteiger partial charge is 0.493 e. The fourth-order valence-corrected chi connectivity index (χ4v) is 3.79. The van der Waals surface area contributed by atoms with Crippen LogP contribution in [0.5, 0.6) is 5.75 Å². The molecule has 0 spiro atoms. The Morgan fingerprint density at radius 2 is 1.96 bits per heavy atom. The number of benzene rings is 2. The zero-order valence-corrected chi connectivity index (χ0v) is 14.8. The van der Waals surface area contributed by atoms with Crippen molar-refractivity contribution in [1.29, 1.82) is 0 Å². The van der Waals surface area contributed by atoms with Crippen molar-refractivity contribution in [1.82, 2.24) is 5.32 Å². The van der Waals surface area contributed by atoms with E-state index in [4.69, 9.17) is 4.74 Å². The summed E-state index contributed by atoms with van der Waals surface area (Å²) in [6, 6.07) is 15.4. The second kappa shape index (κ2) is 7.32. The van der Waals surface area contributed by atoms with E-state index < -0.39 is 0 Å². The van der Waals surface area contributed by atoms with Crippen molar-refractivity contribution in [3.63, 3.8) is 0 Å². The minimum absolute atomic E-state index is 0.416. The van der Waals surface area contributed by atoms with E-state index in [1.165, 1.54) is 28.0 Å². The highest BCUT2D eigenvalue weighted by molar-refractivity contribution is 5.96. The molecule has 2 aromatic rings. The highest BCUT2D eigenvalue weighted by Gasteiger charge is 2.29. The lowest BCUT2D eigenvalue weighted by molar-refractivity contribution is 0.310. The maximum atomic E-state index is 6.10. The van der Waals surface area contributed by atoms with Crippen LogP contribution in [0, 0.1) is 0 Å². The van der Waals surface area contributed by atoms with Crippen molar-refractivity contribution in [3.8, 4) is 16.9 Å². The minimum atomic E-state index is 0.416. The Balaban J connectivity index is 1.77. The summed E-state index contributed by atoms with van der Waals surface area (Å²) in [5.41, 5.74) is 6.49. The van der Waals surface area contributed by atoms with Crippen LogP contribution >= 0.6 is 0 Å². The van der Waals surface area contributed by atoms with Crippen LogP contribution in [0.1, 0.15) is 31.7 Å². The first-order chi connectivity index (χ1) is 12.4. The first-order valence-corrected chi connectivity index (χ1v) is 9.41. The van der Waals surface area contributed by atoms with E-state index in [2.05, 4.69) is 66.1 Å². The highest BCUT2D eigenvalue weighted by atomic mass is 16.5. The molecule has 3 nitrogen and oxygen atoms in total. The van der Waals surface area contributed by atoms with Crippen molar-refractivity contribution in [2.24, 2.45) is 0 Å². The number of ether oxygens (including phenoxy) is 1. The summed E-state index contributed by atoms with van der Waals surface area (Å²) in [4.78, 5) is 0. The lowest BCUT2D eigenvalue weighted by Gasteiger charge is -2.15. The number of hydrogen-bond acceptors (Lipinski definition) is 3. The quantitative estimate of drug-likeness (QED) is 0.777. The van der Waals surface area contributed by atoms with Crippen molar-refractivity contribution < 1.29 is 4.74 Å². The Morgan fingerprint density at radius 3 is 2.88 bits per heavy atom. The summed E-state index contributed by atoms with van der Waals surface area (Å²) in [5.74, 6) is 0.986. The molecule has 2 aliphatic rings. The lowest BCUT2D eigenvalue weighted by Crippen LogP contribution is -2.19. The van der Waals surface area contributed by atoms with Crippen LogP contribution in [-0.4, -0.2) is 25.7 Å². The highest BCUT2D eigenvalue weighted by Crippen LogP contribution is 2.45. The molecule has 2 heterocycles. The smallest absolute Gasteiger partial charge is 0.127 e. The van der Waals surface area contributed by atoms with Crippen molar-refractivity contribution in [2.75, 3.05) is 25.0 Å². The summed E-state index contributed by atoms with van der Waals surface area (Å²) >= 11 is 0. The van der Waals surface area contributed by atoms with Gasteiger partial charge in [-0.05, 0) is 42.7 Å². The Bertz CT molecular complexity index is 781. The van der Waals surface area contributed by atoms with Crippen LogP contribution in [0.2, 0.25) is 0 Å². The number of anilines is 1. The van der Waals surface area contributed by atoms with Gasteiger partial charge in [0.05, 0.1) is 12.6 Å². The van der Waals surface area contributed by atoms with Gasteiger partial charge in [0.2, 0.25) is 0 Å². The van der Waals surface area contributed by atoms with Crippen molar-refractivity contribution >= 4 is 11.3 Å². The third-order valence-electron chi connectivity index (χ3n) is 5.07. The first kappa shape index (κ1) is 16.2. The number of fused-ring (bicyclic) bond motifs is 3. The zero-order chi connectivity index (χ0) is 17.1. The average Bonchev–Trinajstić information content (AvgIpc) is 2.84. The predicted octanol–water partition coefficient (Wildman–Crippen LogP) is 4.70. The summed E-state index contributed by atoms with van der Waals surface area (Å²) in [6.07, 6.45) is 5.70. The average molecular weight is 334 g/mol. The molecule has 2 N–H and O–H groups in total. The zero-order valence-electron chi connectivity index (χ0n) is 14.8. The second-order valence-corrected chi connectivity index (χ2v) is 6.78. The molecule has 2 aromatic carbocycles. The minimum Gasteiger partial charge on any atom is -0.493 e. The topological polar surface area (TPSA) is 33.3 Å². The van der Waals surface area contributed by atoms with Gasteiger partial charge in [-0.25, -0.2) is 0 Å². The molecule has 0 saturated carbocycles. The third-order valence-corrected chi connectivity index (χ3v) is 5.07. The SMILES string of the molecule is CCCCOc1ccccc1-c1cccc2c1C1=CCNCCC1N2. The lowest BCUT2D eigenvalue weighted by atomic mass is 9.92. The molecule has 1 unspecified atom stereocenters. The maximum absolute atomic E-state index is 6.10. The monoisotopic (exact) mass is 334 g/mol. The summed E-state index contributed by atoms with van der Waals surface area (Å²) in [5, 5.41) is 7.18. The van der Waals surface area contributed by atoms with Gasteiger partial charge in [0.15, 0.2) is 0 Å². The van der Waals surface area contributed by atoms with Gasteiger partial charge in [0.25, 0.3) is 0 Å². The molecule has 1 atom stereocenters. The number of para-hydroxylation sites is 1. The van der Waals surface area contributed by atoms with Crippen LogP contribution in [-0.2, 0) is 0 Å². The molecule has 0 aliphatic carbocycles. The summed E-state index contributed by atoms with van der Waals surface area (Å²) < 4.78 is 6.10. The van der Waals surface area contributed by atoms with E-state index in [1.54, 1.807) is 0 Å². The molecular weight excluding hydrogens is 308 g/mol. The molecule has 0 amide bonds. The molecule has 130 valence electrons. The van der Waals surface area contributed by atoms with E-state index in [9.17, 15) is 0 Å². The molecule has 4 rings (SSSR count). The van der Waals surface area contributed by atoms with Gasteiger partial charge in [-0.15, -0.1) is 0 Å². The first-order valence-electron chi connectivity index (χ1n) is 9.41. The Labute approximate surface area is 150 Å². The van der Waals surface area contributed by atoms with Gasteiger partial charge in [0.1, 0.15) is 5.75 Å². The van der Waals surface area contributed by atoms with Crippen LogP contribution < -0.4 is 15.4 Å². The standard InChI is InChI=1S/C22H26N2O/c1-2-3-15-25-21-10-5-4-7-16(21)17-8-6-9-20-22(17)18-11-13-23-14-12-19(18)24-20/h4-11,19,23-24H,2-3,12-15H2,1H3. The fraction of sp³-hybridized carbons (Fsp3) is 0.364. The Kier molecular flexibility index (Phi) is 4.75. The van der Waals surface area contributed by atoms with E-state index >= 15 is 0 Å². The van der Waals surface area contributed by atoms with E-state index in [-0.39, 0.29) is 0 Å². The van der Waals surface area contributed by atoms with E-state index in [0.717, 1.165) is 44.7 Å². The van der Waals surface area contributed by atoms with Gasteiger partial charge in [0, 0.05) is 23.4 Å². The number of unbranched alkanes of at least 4 members (excludes halogenated alkanes) is 1. The molecule has 0 fully saturated rings. The molecule has 0 saturated heterocycles. The van der Waals surface area contributed by atoms with Gasteiger partial charge >= 0.3 is 0 Å². The summed E-state index contributed by atoms with van der Waals surface area (Å²) in [7, 11) is 0.